The summed E-state index contributed by atoms with van der Waals surface area (Å²) >= 11 is -1.21. The molecule has 2 rings (SSSR count). The van der Waals surface area contributed by atoms with Crippen molar-refractivity contribution < 1.29 is 52.5 Å². The minimum atomic E-state index is -1.26. The van der Waals surface area contributed by atoms with Crippen LogP contribution in [0.15, 0.2) is 38.2 Å². The van der Waals surface area contributed by atoms with E-state index >= 15 is 0 Å². The molecule has 0 aliphatic heterocycles. The molecule has 0 aromatic heterocycles. The monoisotopic (exact) mass is 726 g/mol. The second kappa shape index (κ2) is 10.2. The van der Waals surface area contributed by atoms with Crippen molar-refractivity contribution in [3.63, 3.8) is 0 Å². The Balaban J connectivity index is 0.00000392. The van der Waals surface area contributed by atoms with Gasteiger partial charge in [0.1, 0.15) is 0 Å². The van der Waals surface area contributed by atoms with Gasteiger partial charge < -0.3 is 24.8 Å². The van der Waals surface area contributed by atoms with E-state index in [-0.39, 0.29) is 24.8 Å². The largest absolute Gasteiger partial charge is 1.00 e. The fourth-order valence-corrected chi connectivity index (χ4v) is 37.1. The first-order valence-corrected chi connectivity index (χ1v) is 28.8. The molecule has 0 saturated heterocycles. The molecule has 0 aromatic carbocycles. The minimum absolute atomic E-state index is 0. The standard InChI is InChI=1S/2C11H21Si2.2ClH.U/c2*1-12(2,3)10-7-8-11(9-10)13(4,5)6;;;/h2*7H,8H2,1-6H3;2*1H;/q;;;;+2/p-2. The van der Waals surface area contributed by atoms with Crippen molar-refractivity contribution in [3.8, 4) is 0 Å². The average molecular weight is 728 g/mol. The van der Waals surface area contributed by atoms with E-state index < -0.39 is 60.0 Å². The Morgan fingerprint density at radius 1 is 0.517 bits per heavy atom. The molecule has 0 fully saturated rings. The van der Waals surface area contributed by atoms with E-state index in [1.807, 2.05) is 26.0 Å². The van der Waals surface area contributed by atoms with Gasteiger partial charge in [0.25, 0.3) is 0 Å². The zero-order chi connectivity index (χ0) is 21.0. The predicted octanol–water partition coefficient (Wildman–Crippen LogP) is 1.76. The Labute approximate surface area is 212 Å². The number of rotatable bonds is 6. The van der Waals surface area contributed by atoms with E-state index in [1.54, 1.807) is 0 Å². The summed E-state index contributed by atoms with van der Waals surface area (Å²) in [7, 11) is -4.98. The minimum Gasteiger partial charge on any atom is -1.00 e. The van der Waals surface area contributed by atoms with Crippen LogP contribution in [0.4, 0.5) is 0 Å². The molecule has 0 unspecified atom stereocenters. The van der Waals surface area contributed by atoms with Crippen LogP contribution >= 0.6 is 0 Å². The van der Waals surface area contributed by atoms with Crippen LogP contribution in [0.5, 0.6) is 0 Å². The summed E-state index contributed by atoms with van der Waals surface area (Å²) in [5.41, 5.74) is 0. The van der Waals surface area contributed by atoms with Gasteiger partial charge in [0.05, 0.1) is 0 Å². The molecular formula is C22H42Cl2Si4U. The Hall–Kier alpha value is 1.46. The molecule has 0 atom stereocenters. The third-order valence-corrected chi connectivity index (χ3v) is 25.5. The maximum atomic E-state index is 2.69. The smallest absolute Gasteiger partial charge is 1.00 e. The van der Waals surface area contributed by atoms with Crippen LogP contribution in [0.1, 0.15) is 12.8 Å². The van der Waals surface area contributed by atoms with E-state index in [1.165, 1.54) is 12.8 Å². The Morgan fingerprint density at radius 3 is 1.00 bits per heavy atom. The fourth-order valence-electron chi connectivity index (χ4n) is 4.28. The van der Waals surface area contributed by atoms with Gasteiger partial charge >= 0.3 is 190 Å². The molecule has 2 aliphatic carbocycles. The molecule has 29 heavy (non-hydrogen) atoms. The van der Waals surface area contributed by atoms with Crippen molar-refractivity contribution in [2.45, 2.75) is 91.4 Å². The van der Waals surface area contributed by atoms with Gasteiger partial charge in [-0.3, -0.25) is 0 Å². The summed E-state index contributed by atoms with van der Waals surface area (Å²) in [4.78, 5) is 0. The van der Waals surface area contributed by atoms with Crippen molar-refractivity contribution in [1.29, 1.82) is 0 Å². The van der Waals surface area contributed by atoms with Gasteiger partial charge in [0, 0.05) is 0 Å². The summed E-state index contributed by atoms with van der Waals surface area (Å²) in [5.74, 6) is 0. The number of hydrogen-bond acceptors (Lipinski definition) is 0. The van der Waals surface area contributed by atoms with Gasteiger partial charge in [-0.25, -0.2) is 0 Å². The van der Waals surface area contributed by atoms with Crippen LogP contribution in [0, 0.1) is 27.7 Å². The third-order valence-electron chi connectivity index (χ3n) is 5.84. The van der Waals surface area contributed by atoms with Crippen molar-refractivity contribution in [2.24, 2.45) is 0 Å². The average Bonchev–Trinajstić information content (AvgIpc) is 2.99. The summed E-state index contributed by atoms with van der Waals surface area (Å²) in [6.45, 7) is 31.0. The molecule has 0 aromatic rings. The zero-order valence-electron chi connectivity index (χ0n) is 20.8. The first-order chi connectivity index (χ1) is 11.9. The van der Waals surface area contributed by atoms with Crippen LogP contribution in [0.3, 0.4) is 0 Å². The van der Waals surface area contributed by atoms with Crippen LogP contribution < -0.4 is 24.8 Å². The Kier molecular flexibility index (Phi) is 10.7. The maximum absolute atomic E-state index is 2.69. The Bertz CT molecular complexity index is 686. The van der Waals surface area contributed by atoms with Gasteiger partial charge in [-0.2, -0.15) is 0 Å². The molecule has 0 saturated carbocycles. The molecule has 2 aliphatic rings. The van der Waals surface area contributed by atoms with Gasteiger partial charge in [-0.1, -0.05) is 0 Å². The zero-order valence-corrected chi connectivity index (χ0v) is 30.5. The van der Waals surface area contributed by atoms with Crippen LogP contribution in [-0.4, -0.2) is 32.3 Å². The summed E-state index contributed by atoms with van der Waals surface area (Å²) in [6.07, 6.45) is 7.97. The first kappa shape index (κ1) is 30.5. The maximum Gasteiger partial charge on any atom is -1.00 e. The number of allylic oxidation sites excluding steroid dienone is 8. The van der Waals surface area contributed by atoms with Crippen molar-refractivity contribution in [1.82, 2.24) is 0 Å². The molecule has 164 valence electrons. The number of hydrogen-bond donors (Lipinski definition) is 0. The second-order valence-electron chi connectivity index (χ2n) is 12.5. The van der Waals surface area contributed by atoms with Crippen LogP contribution in [0.2, 0.25) is 78.6 Å². The molecule has 0 nitrogen and oxygen atoms in total. The SMILES string of the molecule is C[Si](C)(C)C1=CCC([Si](C)(C)C)=[C]1[U+2][C]1=C([Si](C)(C)C)CC=C1[Si](C)(C)C.[Cl-].[Cl-]. The van der Waals surface area contributed by atoms with Gasteiger partial charge in [0.2, 0.25) is 0 Å². The molecule has 0 N–H and O–H groups in total. The number of halogens is 2. The molecule has 0 amide bonds. The first-order valence-electron chi connectivity index (χ1n) is 10.6. The molecule has 0 spiro atoms. The summed E-state index contributed by atoms with van der Waals surface area (Å²) in [5, 5.41) is 7.64. The predicted molar refractivity (Wildman–Crippen MR) is 133 cm³/mol. The molecule has 0 radical (unpaired) electrons. The molecule has 7 heteroatoms. The van der Waals surface area contributed by atoms with Crippen molar-refractivity contribution >= 4 is 32.3 Å². The fraction of sp³-hybridized carbons (Fsp3) is 0.636. The normalized spacial score (nSPS) is 18.2. The van der Waals surface area contributed by atoms with Gasteiger partial charge in [0.15, 0.2) is 0 Å². The van der Waals surface area contributed by atoms with E-state index in [9.17, 15) is 0 Å². The van der Waals surface area contributed by atoms with Crippen LogP contribution in [0.25, 0.3) is 0 Å². The van der Waals surface area contributed by atoms with Crippen molar-refractivity contribution in [3.05, 3.63) is 38.2 Å². The van der Waals surface area contributed by atoms with E-state index in [4.69, 9.17) is 0 Å². The van der Waals surface area contributed by atoms with Gasteiger partial charge in [-0.15, -0.1) is 0 Å². The topological polar surface area (TPSA) is 0 Å². The van der Waals surface area contributed by atoms with E-state index in [0.717, 1.165) is 0 Å². The Morgan fingerprint density at radius 2 is 0.793 bits per heavy atom. The molecule has 0 bridgehead atoms. The molecule has 0 heterocycles. The van der Waals surface area contributed by atoms with Crippen molar-refractivity contribution in [2.75, 3.05) is 0 Å². The summed E-state index contributed by atoms with van der Waals surface area (Å²) in [6, 6.07) is 0. The summed E-state index contributed by atoms with van der Waals surface area (Å²) < 4.78 is 4.01. The quantitative estimate of drug-likeness (QED) is 0.367. The van der Waals surface area contributed by atoms with Crippen LogP contribution in [-0.2, 0) is 0 Å². The second-order valence-corrected chi connectivity index (χ2v) is 38.0. The van der Waals surface area contributed by atoms with E-state index in [2.05, 4.69) is 90.7 Å². The third kappa shape index (κ3) is 7.22. The molecular weight excluding hydrogens is 686 g/mol. The van der Waals surface area contributed by atoms with Gasteiger partial charge in [-0.05, 0) is 0 Å². The van der Waals surface area contributed by atoms with E-state index in [0.29, 0.717) is 0 Å².